The third-order valence-electron chi connectivity index (χ3n) is 3.36. The van der Waals surface area contributed by atoms with Gasteiger partial charge < -0.3 is 15.2 Å². The van der Waals surface area contributed by atoms with Crippen LogP contribution in [0.2, 0.25) is 0 Å². The molecule has 0 aromatic heterocycles. The van der Waals surface area contributed by atoms with Crippen molar-refractivity contribution in [1.82, 2.24) is 5.32 Å². The van der Waals surface area contributed by atoms with Crippen LogP contribution in [-0.4, -0.2) is 34.7 Å². The number of nitrogens with zero attached hydrogens (tertiary/aromatic N) is 1. The molecule has 0 saturated heterocycles. The zero-order valence-electron chi connectivity index (χ0n) is 11.7. The predicted octanol–water partition coefficient (Wildman–Crippen LogP) is 1.88. The van der Waals surface area contributed by atoms with Crippen molar-refractivity contribution in [3.8, 4) is 5.75 Å². The molecule has 0 radical (unpaired) electrons. The van der Waals surface area contributed by atoms with Crippen molar-refractivity contribution in [1.29, 1.82) is 0 Å². The van der Waals surface area contributed by atoms with E-state index in [1.54, 1.807) is 13.0 Å². The van der Waals surface area contributed by atoms with Gasteiger partial charge in [0.25, 0.3) is 5.69 Å². The van der Waals surface area contributed by atoms with Gasteiger partial charge in [0.15, 0.2) is 0 Å². The van der Waals surface area contributed by atoms with Gasteiger partial charge in [0, 0.05) is 18.5 Å². The summed E-state index contributed by atoms with van der Waals surface area (Å²) >= 11 is 0. The second-order valence-electron chi connectivity index (χ2n) is 5.18. The molecule has 1 atom stereocenters. The number of hydrogen-bond acceptors (Lipinski definition) is 5. The van der Waals surface area contributed by atoms with Crippen LogP contribution in [0, 0.1) is 17.0 Å². The molecular weight excluding hydrogens is 276 g/mol. The summed E-state index contributed by atoms with van der Waals surface area (Å²) < 4.78 is 5.50. The first-order valence-electron chi connectivity index (χ1n) is 6.84. The van der Waals surface area contributed by atoms with Crippen LogP contribution < -0.4 is 10.1 Å². The number of carboxylic acids is 1. The Hall–Kier alpha value is -2.15. The van der Waals surface area contributed by atoms with Crippen LogP contribution in [0.5, 0.6) is 5.75 Å². The number of non-ortho nitro benzene ring substituents is 1. The van der Waals surface area contributed by atoms with Crippen molar-refractivity contribution in [2.75, 3.05) is 6.61 Å². The third kappa shape index (κ3) is 4.42. The van der Waals surface area contributed by atoms with E-state index in [1.807, 2.05) is 0 Å². The average molecular weight is 294 g/mol. The minimum atomic E-state index is -0.902. The maximum atomic E-state index is 11.1. The van der Waals surface area contributed by atoms with Gasteiger partial charge in [0.2, 0.25) is 0 Å². The standard InChI is InChI=1S/C14H18N2O5/c1-9-2-5-11(16(19)20)8-13(9)21-7-6-12(14(17)18)15-10-3-4-10/h2,5,8,10,12,15H,3-4,6-7H2,1H3,(H,17,18). The lowest BCUT2D eigenvalue weighted by Gasteiger charge is -2.15. The number of nitrogens with one attached hydrogen (secondary N) is 1. The van der Waals surface area contributed by atoms with Crippen molar-refractivity contribution in [3.05, 3.63) is 33.9 Å². The quantitative estimate of drug-likeness (QED) is 0.560. The van der Waals surface area contributed by atoms with E-state index in [0.717, 1.165) is 18.4 Å². The molecule has 1 aromatic carbocycles. The van der Waals surface area contributed by atoms with Crippen molar-refractivity contribution in [2.24, 2.45) is 0 Å². The van der Waals surface area contributed by atoms with Gasteiger partial charge >= 0.3 is 5.97 Å². The Morgan fingerprint density at radius 3 is 2.86 bits per heavy atom. The Labute approximate surface area is 122 Å². The molecule has 2 N–H and O–H groups in total. The first-order chi connectivity index (χ1) is 9.97. The Bertz CT molecular complexity index is 542. The van der Waals surface area contributed by atoms with Crippen LogP contribution in [0.1, 0.15) is 24.8 Å². The van der Waals surface area contributed by atoms with Gasteiger partial charge in [-0.3, -0.25) is 14.9 Å². The van der Waals surface area contributed by atoms with E-state index < -0.39 is 16.9 Å². The van der Waals surface area contributed by atoms with E-state index in [0.29, 0.717) is 18.2 Å². The second kappa shape index (κ2) is 6.53. The Kier molecular flexibility index (Phi) is 4.74. The average Bonchev–Trinajstić information content (AvgIpc) is 3.23. The van der Waals surface area contributed by atoms with Crippen LogP contribution in [0.25, 0.3) is 0 Å². The highest BCUT2D eigenvalue weighted by Gasteiger charge is 2.28. The Morgan fingerprint density at radius 2 is 2.29 bits per heavy atom. The molecule has 0 aliphatic heterocycles. The zero-order chi connectivity index (χ0) is 15.4. The van der Waals surface area contributed by atoms with Gasteiger partial charge in [-0.15, -0.1) is 0 Å². The van der Waals surface area contributed by atoms with E-state index in [-0.39, 0.29) is 12.3 Å². The van der Waals surface area contributed by atoms with E-state index in [4.69, 9.17) is 9.84 Å². The third-order valence-corrected chi connectivity index (χ3v) is 3.36. The molecule has 7 nitrogen and oxygen atoms in total. The topological polar surface area (TPSA) is 102 Å². The normalized spacial score (nSPS) is 15.5. The minimum absolute atomic E-state index is 0.0403. The first kappa shape index (κ1) is 15.2. The highest BCUT2D eigenvalue weighted by molar-refractivity contribution is 5.73. The molecule has 7 heteroatoms. The van der Waals surface area contributed by atoms with E-state index in [9.17, 15) is 14.9 Å². The summed E-state index contributed by atoms with van der Waals surface area (Å²) in [6, 6.07) is 4.04. The number of hydrogen-bond donors (Lipinski definition) is 2. The lowest BCUT2D eigenvalue weighted by atomic mass is 10.2. The monoisotopic (exact) mass is 294 g/mol. The SMILES string of the molecule is Cc1ccc([N+](=O)[O-])cc1OCCC(NC1CC1)C(=O)O. The molecule has 0 bridgehead atoms. The van der Waals surface area contributed by atoms with Gasteiger partial charge in [-0.25, -0.2) is 0 Å². The van der Waals surface area contributed by atoms with Crippen molar-refractivity contribution >= 4 is 11.7 Å². The fraction of sp³-hybridized carbons (Fsp3) is 0.500. The molecule has 1 saturated carbocycles. The molecule has 1 aliphatic carbocycles. The van der Waals surface area contributed by atoms with Crippen molar-refractivity contribution in [2.45, 2.75) is 38.3 Å². The van der Waals surface area contributed by atoms with Crippen molar-refractivity contribution < 1.29 is 19.6 Å². The summed E-state index contributed by atoms with van der Waals surface area (Å²) in [5, 5.41) is 22.9. The number of carbonyl (C=O) groups is 1. The number of nitro groups is 1. The highest BCUT2D eigenvalue weighted by Crippen LogP contribution is 2.24. The number of aryl methyl sites for hydroxylation is 1. The maximum absolute atomic E-state index is 11.1. The minimum Gasteiger partial charge on any atom is -0.493 e. The number of ether oxygens (including phenoxy) is 1. The van der Waals surface area contributed by atoms with Gasteiger partial charge in [-0.05, 0) is 31.4 Å². The molecule has 1 unspecified atom stereocenters. The molecule has 1 aromatic rings. The molecular formula is C14H18N2O5. The maximum Gasteiger partial charge on any atom is 0.320 e. The van der Waals surface area contributed by atoms with Crippen LogP contribution in [0.3, 0.4) is 0 Å². The molecule has 0 amide bonds. The largest absolute Gasteiger partial charge is 0.493 e. The van der Waals surface area contributed by atoms with Crippen LogP contribution in [0.4, 0.5) is 5.69 Å². The zero-order valence-corrected chi connectivity index (χ0v) is 11.7. The van der Waals surface area contributed by atoms with Crippen molar-refractivity contribution in [3.63, 3.8) is 0 Å². The number of rotatable bonds is 8. The lowest BCUT2D eigenvalue weighted by molar-refractivity contribution is -0.384. The van der Waals surface area contributed by atoms with Crippen LogP contribution >= 0.6 is 0 Å². The number of aliphatic carboxylic acids is 1. The smallest absolute Gasteiger partial charge is 0.320 e. The number of nitro benzene ring substituents is 1. The fourth-order valence-electron chi connectivity index (χ4n) is 1.96. The first-order valence-corrected chi connectivity index (χ1v) is 6.84. The molecule has 0 heterocycles. The number of carboxylic acid groups (broad SMARTS) is 1. The summed E-state index contributed by atoms with van der Waals surface area (Å²) in [6.45, 7) is 1.98. The molecule has 114 valence electrons. The molecule has 2 rings (SSSR count). The van der Waals surface area contributed by atoms with Gasteiger partial charge in [0.1, 0.15) is 11.8 Å². The van der Waals surface area contributed by atoms with Gasteiger partial charge in [-0.1, -0.05) is 0 Å². The van der Waals surface area contributed by atoms with Crippen LogP contribution in [0.15, 0.2) is 18.2 Å². The highest BCUT2D eigenvalue weighted by atomic mass is 16.6. The summed E-state index contributed by atoms with van der Waals surface area (Å²) in [5.74, 6) is -0.485. The molecule has 0 spiro atoms. The van der Waals surface area contributed by atoms with Gasteiger partial charge in [-0.2, -0.15) is 0 Å². The molecule has 21 heavy (non-hydrogen) atoms. The Balaban J connectivity index is 1.90. The number of benzene rings is 1. The summed E-state index contributed by atoms with van der Waals surface area (Å²) in [7, 11) is 0. The predicted molar refractivity (Wildman–Crippen MR) is 75.5 cm³/mol. The van der Waals surface area contributed by atoms with E-state index >= 15 is 0 Å². The van der Waals surface area contributed by atoms with E-state index in [2.05, 4.69) is 5.32 Å². The van der Waals surface area contributed by atoms with E-state index in [1.165, 1.54) is 12.1 Å². The summed E-state index contributed by atoms with van der Waals surface area (Å²) in [6.07, 6.45) is 2.33. The Morgan fingerprint density at radius 1 is 1.57 bits per heavy atom. The second-order valence-corrected chi connectivity index (χ2v) is 5.18. The summed E-state index contributed by atoms with van der Waals surface area (Å²) in [4.78, 5) is 21.3. The summed E-state index contributed by atoms with van der Waals surface area (Å²) in [5.41, 5.74) is 0.740. The molecule has 1 aliphatic rings. The molecule has 1 fully saturated rings. The van der Waals surface area contributed by atoms with Gasteiger partial charge in [0.05, 0.1) is 17.6 Å². The fourth-order valence-corrected chi connectivity index (χ4v) is 1.96. The van der Waals surface area contributed by atoms with Crippen LogP contribution in [-0.2, 0) is 4.79 Å². The lowest BCUT2D eigenvalue weighted by Crippen LogP contribution is -2.39.